The molecule has 0 aromatic heterocycles. The number of hydrogen-bond acceptors (Lipinski definition) is 6. The SMILES string of the molecule is COc1ccc(Br)cc1/C=N/N=C1/NC(=O)C(CC(=O)Nc2ccc(C)cc2)S1. The highest BCUT2D eigenvalue weighted by molar-refractivity contribution is 9.10. The summed E-state index contributed by atoms with van der Waals surface area (Å²) >= 11 is 4.58. The summed E-state index contributed by atoms with van der Waals surface area (Å²) in [7, 11) is 1.58. The van der Waals surface area contributed by atoms with E-state index < -0.39 is 5.25 Å². The van der Waals surface area contributed by atoms with Crippen molar-refractivity contribution in [3.05, 3.63) is 58.1 Å². The predicted molar refractivity (Wildman–Crippen MR) is 120 cm³/mol. The molecule has 3 rings (SSSR count). The number of halogens is 1. The molecule has 1 aliphatic heterocycles. The Bertz CT molecular complexity index is 976. The maximum Gasteiger partial charge on any atom is 0.240 e. The predicted octanol–water partition coefficient (Wildman–Crippen LogP) is 3.72. The van der Waals surface area contributed by atoms with Crippen LogP contribution in [0, 0.1) is 6.92 Å². The summed E-state index contributed by atoms with van der Waals surface area (Å²) in [5, 5.41) is 13.3. The van der Waals surface area contributed by atoms with Gasteiger partial charge in [0.15, 0.2) is 5.17 Å². The van der Waals surface area contributed by atoms with Gasteiger partial charge in [-0.05, 0) is 37.3 Å². The zero-order chi connectivity index (χ0) is 20.8. The Morgan fingerprint density at radius 1 is 1.31 bits per heavy atom. The van der Waals surface area contributed by atoms with Gasteiger partial charge >= 0.3 is 0 Å². The lowest BCUT2D eigenvalue weighted by atomic mass is 10.2. The van der Waals surface area contributed by atoms with Crippen molar-refractivity contribution in [2.75, 3.05) is 12.4 Å². The van der Waals surface area contributed by atoms with Gasteiger partial charge in [-0.3, -0.25) is 9.59 Å². The van der Waals surface area contributed by atoms with E-state index in [9.17, 15) is 9.59 Å². The van der Waals surface area contributed by atoms with Gasteiger partial charge in [0.1, 0.15) is 11.0 Å². The third-order valence-electron chi connectivity index (χ3n) is 4.02. The first-order chi connectivity index (χ1) is 13.9. The van der Waals surface area contributed by atoms with Crippen LogP contribution in [-0.2, 0) is 9.59 Å². The number of nitrogens with one attached hydrogen (secondary N) is 2. The number of thioether (sulfide) groups is 1. The van der Waals surface area contributed by atoms with Gasteiger partial charge in [0.2, 0.25) is 11.8 Å². The molecular formula is C20H19BrN4O3S. The van der Waals surface area contributed by atoms with Crippen LogP contribution >= 0.6 is 27.7 Å². The Morgan fingerprint density at radius 3 is 2.79 bits per heavy atom. The molecule has 1 unspecified atom stereocenters. The molecule has 0 aliphatic carbocycles. The molecule has 2 amide bonds. The summed E-state index contributed by atoms with van der Waals surface area (Å²) < 4.78 is 6.16. The minimum Gasteiger partial charge on any atom is -0.496 e. The number of carbonyl (C=O) groups excluding carboxylic acids is 2. The van der Waals surface area contributed by atoms with Crippen LogP contribution in [0.2, 0.25) is 0 Å². The van der Waals surface area contributed by atoms with Crippen molar-refractivity contribution in [1.82, 2.24) is 5.32 Å². The van der Waals surface area contributed by atoms with Gasteiger partial charge in [-0.1, -0.05) is 45.4 Å². The fraction of sp³-hybridized carbons (Fsp3) is 0.200. The molecule has 1 fully saturated rings. The second kappa shape index (κ2) is 9.71. The van der Waals surface area contributed by atoms with Gasteiger partial charge in [-0.2, -0.15) is 5.10 Å². The minimum atomic E-state index is -0.546. The Morgan fingerprint density at radius 2 is 2.07 bits per heavy atom. The van der Waals surface area contributed by atoms with E-state index >= 15 is 0 Å². The second-order valence-corrected chi connectivity index (χ2v) is 8.36. The van der Waals surface area contributed by atoms with Gasteiger partial charge < -0.3 is 15.4 Å². The van der Waals surface area contributed by atoms with E-state index in [4.69, 9.17) is 4.74 Å². The highest BCUT2D eigenvalue weighted by Crippen LogP contribution is 2.24. The molecule has 2 aromatic rings. The van der Waals surface area contributed by atoms with Gasteiger partial charge in [0.05, 0.1) is 13.3 Å². The number of amides is 2. The summed E-state index contributed by atoms with van der Waals surface area (Å²) in [5.74, 6) is 0.166. The number of aryl methyl sites for hydroxylation is 1. The monoisotopic (exact) mass is 474 g/mol. The summed E-state index contributed by atoms with van der Waals surface area (Å²) in [6.07, 6.45) is 1.59. The highest BCUT2D eigenvalue weighted by atomic mass is 79.9. The molecule has 0 saturated carbocycles. The zero-order valence-electron chi connectivity index (χ0n) is 15.8. The number of amidine groups is 1. The molecule has 1 aliphatic rings. The van der Waals surface area contributed by atoms with Gasteiger partial charge in [-0.25, -0.2) is 0 Å². The fourth-order valence-electron chi connectivity index (χ4n) is 2.55. The summed E-state index contributed by atoms with van der Waals surface area (Å²) in [6.45, 7) is 1.97. The van der Waals surface area contributed by atoms with E-state index in [0.717, 1.165) is 15.6 Å². The van der Waals surface area contributed by atoms with E-state index in [-0.39, 0.29) is 18.2 Å². The van der Waals surface area contributed by atoms with Crippen LogP contribution in [0.15, 0.2) is 57.1 Å². The van der Waals surface area contributed by atoms with Gasteiger partial charge in [-0.15, -0.1) is 5.10 Å². The number of methoxy groups -OCH3 is 1. The van der Waals surface area contributed by atoms with Crippen molar-refractivity contribution in [1.29, 1.82) is 0 Å². The first kappa shape index (κ1) is 21.1. The topological polar surface area (TPSA) is 92.2 Å². The normalized spacial score (nSPS) is 17.6. The molecule has 0 radical (unpaired) electrons. The molecule has 1 atom stereocenters. The van der Waals surface area contributed by atoms with E-state index in [0.29, 0.717) is 16.6 Å². The Hall–Kier alpha value is -2.65. The van der Waals surface area contributed by atoms with E-state index in [1.807, 2.05) is 49.4 Å². The van der Waals surface area contributed by atoms with Gasteiger partial charge in [0.25, 0.3) is 0 Å². The third-order valence-corrected chi connectivity index (χ3v) is 5.59. The molecular weight excluding hydrogens is 456 g/mol. The van der Waals surface area contributed by atoms with Crippen LogP contribution < -0.4 is 15.4 Å². The van der Waals surface area contributed by atoms with Crippen molar-refractivity contribution in [2.45, 2.75) is 18.6 Å². The van der Waals surface area contributed by atoms with Crippen LogP contribution in [-0.4, -0.2) is 35.6 Å². The third kappa shape index (κ3) is 5.91. The smallest absolute Gasteiger partial charge is 0.240 e. The van der Waals surface area contributed by atoms with Crippen molar-refractivity contribution in [3.8, 4) is 5.75 Å². The van der Waals surface area contributed by atoms with Crippen molar-refractivity contribution < 1.29 is 14.3 Å². The molecule has 29 heavy (non-hydrogen) atoms. The van der Waals surface area contributed by atoms with Crippen molar-refractivity contribution in [3.63, 3.8) is 0 Å². The number of anilines is 1. The number of hydrogen-bond donors (Lipinski definition) is 2. The number of carbonyl (C=O) groups is 2. The molecule has 9 heteroatoms. The molecule has 0 bridgehead atoms. The molecule has 1 saturated heterocycles. The molecule has 2 aromatic carbocycles. The van der Waals surface area contributed by atoms with Crippen LogP contribution in [0.1, 0.15) is 17.5 Å². The Labute approximate surface area is 181 Å². The number of ether oxygens (including phenoxy) is 1. The average Bonchev–Trinajstić information content (AvgIpc) is 3.03. The highest BCUT2D eigenvalue weighted by Gasteiger charge is 2.32. The first-order valence-electron chi connectivity index (χ1n) is 8.73. The van der Waals surface area contributed by atoms with Crippen LogP contribution in [0.25, 0.3) is 0 Å². The Balaban J connectivity index is 1.58. The van der Waals surface area contributed by atoms with Crippen LogP contribution in [0.3, 0.4) is 0 Å². The molecule has 0 spiro atoms. The summed E-state index contributed by atoms with van der Waals surface area (Å²) in [5.41, 5.74) is 2.55. The van der Waals surface area contributed by atoms with Gasteiger partial charge in [0, 0.05) is 22.1 Å². The molecule has 7 nitrogen and oxygen atoms in total. The second-order valence-electron chi connectivity index (χ2n) is 6.25. The maximum absolute atomic E-state index is 12.2. The van der Waals surface area contributed by atoms with Crippen molar-refractivity contribution in [2.24, 2.45) is 10.2 Å². The van der Waals surface area contributed by atoms with E-state index in [2.05, 4.69) is 36.8 Å². The zero-order valence-corrected chi connectivity index (χ0v) is 18.2. The number of rotatable bonds is 6. The molecule has 1 heterocycles. The lowest BCUT2D eigenvalue weighted by Gasteiger charge is -2.07. The van der Waals surface area contributed by atoms with E-state index in [1.165, 1.54) is 11.8 Å². The largest absolute Gasteiger partial charge is 0.496 e. The summed E-state index contributed by atoms with van der Waals surface area (Å²) in [6, 6.07) is 13.0. The first-order valence-corrected chi connectivity index (χ1v) is 10.4. The minimum absolute atomic E-state index is 0.0482. The molecule has 150 valence electrons. The lowest BCUT2D eigenvalue weighted by Crippen LogP contribution is -2.28. The van der Waals surface area contributed by atoms with E-state index in [1.54, 1.807) is 13.3 Å². The maximum atomic E-state index is 12.2. The standard InChI is InChI=1S/C20H19BrN4O3S/c1-12-3-6-15(7-4-12)23-18(26)10-17-19(27)24-20(29-17)25-22-11-13-9-14(21)5-8-16(13)28-2/h3-9,11,17H,10H2,1-2H3,(H,23,26)(H,24,25,27)/b22-11+. The summed E-state index contributed by atoms with van der Waals surface area (Å²) in [4.78, 5) is 24.3. The average molecular weight is 475 g/mol. The fourth-order valence-corrected chi connectivity index (χ4v) is 3.86. The number of nitrogens with zero attached hydrogens (tertiary/aromatic N) is 2. The van der Waals surface area contributed by atoms with Crippen LogP contribution in [0.5, 0.6) is 5.75 Å². The molecule has 2 N–H and O–H groups in total. The Kier molecular flexibility index (Phi) is 7.05. The van der Waals surface area contributed by atoms with Crippen LogP contribution in [0.4, 0.5) is 5.69 Å². The number of benzene rings is 2. The quantitative estimate of drug-likeness (QED) is 0.492. The van der Waals surface area contributed by atoms with Crippen molar-refractivity contribution >= 4 is 56.6 Å². The lowest BCUT2D eigenvalue weighted by molar-refractivity contribution is -0.122.